The molecular formula is C7H11O2. The van der Waals surface area contributed by atoms with E-state index >= 15 is 0 Å². The maximum atomic E-state index is 10.1. The molecule has 0 fully saturated rings. The van der Waals surface area contributed by atoms with E-state index in [4.69, 9.17) is 5.11 Å². The van der Waals surface area contributed by atoms with E-state index in [1.807, 2.05) is 0 Å². The van der Waals surface area contributed by atoms with Crippen LogP contribution in [-0.4, -0.2) is 11.1 Å². The zero-order chi connectivity index (χ0) is 7.28. The second-order valence-corrected chi connectivity index (χ2v) is 1.83. The Morgan fingerprint density at radius 3 is 2.67 bits per heavy atom. The van der Waals surface area contributed by atoms with Gasteiger partial charge < -0.3 is 5.11 Å². The number of aliphatic carboxylic acids is 1. The second-order valence-electron chi connectivity index (χ2n) is 1.83. The summed E-state index contributed by atoms with van der Waals surface area (Å²) in [5.74, 6) is -0.844. The first-order valence-corrected chi connectivity index (χ1v) is 2.87. The first kappa shape index (κ1) is 8.21. The summed E-state index contributed by atoms with van der Waals surface area (Å²) in [6.45, 7) is 5.16. The van der Waals surface area contributed by atoms with Crippen molar-refractivity contribution >= 4 is 5.97 Å². The third-order valence-electron chi connectivity index (χ3n) is 0.992. The van der Waals surface area contributed by atoms with E-state index in [0.717, 1.165) is 12.8 Å². The Balaban J connectivity index is 3.69. The Morgan fingerprint density at radius 1 is 1.78 bits per heavy atom. The van der Waals surface area contributed by atoms with E-state index in [-0.39, 0.29) is 0 Å². The fourth-order valence-corrected chi connectivity index (χ4v) is 0.406. The molecule has 0 aliphatic carbocycles. The molecule has 9 heavy (non-hydrogen) atoms. The average Bonchev–Trinajstić information content (AvgIpc) is 1.82. The molecule has 0 spiro atoms. The smallest absolute Gasteiger partial charge is 0.330 e. The van der Waals surface area contributed by atoms with Crippen molar-refractivity contribution in [3.63, 3.8) is 0 Å². The number of rotatable bonds is 3. The summed E-state index contributed by atoms with van der Waals surface area (Å²) >= 11 is 0. The first-order chi connectivity index (χ1) is 4.18. The molecule has 0 aromatic carbocycles. The molecule has 0 heterocycles. The molecule has 0 aromatic heterocycles. The van der Waals surface area contributed by atoms with Crippen molar-refractivity contribution in [3.05, 3.63) is 18.6 Å². The Bertz CT molecular complexity index is 125. The van der Waals surface area contributed by atoms with Crippen LogP contribution >= 0.6 is 0 Å². The van der Waals surface area contributed by atoms with Gasteiger partial charge in [-0.25, -0.2) is 4.79 Å². The van der Waals surface area contributed by atoms with Crippen molar-refractivity contribution in [2.45, 2.75) is 19.8 Å². The summed E-state index contributed by atoms with van der Waals surface area (Å²) in [6.07, 6.45) is 3.18. The largest absolute Gasteiger partial charge is 0.478 e. The van der Waals surface area contributed by atoms with Crippen molar-refractivity contribution < 1.29 is 9.90 Å². The van der Waals surface area contributed by atoms with Gasteiger partial charge in [0.2, 0.25) is 0 Å². The van der Waals surface area contributed by atoms with Crippen LogP contribution in [0.25, 0.3) is 0 Å². The molecule has 1 N–H and O–H groups in total. The molecule has 0 amide bonds. The zero-order valence-electron chi connectivity index (χ0n) is 5.55. The Kier molecular flexibility index (Phi) is 3.76. The number of carboxylic acid groups (broad SMARTS) is 1. The average molecular weight is 127 g/mol. The second kappa shape index (κ2) is 4.13. The number of hydrogen-bond acceptors (Lipinski definition) is 1. The Labute approximate surface area is 55.2 Å². The van der Waals surface area contributed by atoms with Gasteiger partial charge in [-0.2, -0.15) is 0 Å². The van der Waals surface area contributed by atoms with Crippen LogP contribution in [-0.2, 0) is 4.79 Å². The van der Waals surface area contributed by atoms with Crippen LogP contribution in [0, 0.1) is 6.92 Å². The highest BCUT2D eigenvalue weighted by Crippen LogP contribution is 1.96. The number of allylic oxidation sites excluding steroid dienone is 1. The van der Waals surface area contributed by atoms with Gasteiger partial charge in [0.15, 0.2) is 0 Å². The molecule has 1 radical (unpaired) electrons. The molecule has 2 nitrogen and oxygen atoms in total. The van der Waals surface area contributed by atoms with Gasteiger partial charge >= 0.3 is 5.97 Å². The van der Waals surface area contributed by atoms with Crippen LogP contribution in [0.3, 0.4) is 0 Å². The molecule has 0 bridgehead atoms. The highest BCUT2D eigenvalue weighted by Gasteiger charge is 1.95. The van der Waals surface area contributed by atoms with Gasteiger partial charge in [0, 0.05) is 5.57 Å². The molecular weight excluding hydrogens is 116 g/mol. The quantitative estimate of drug-likeness (QED) is 0.585. The molecule has 51 valence electrons. The number of carbonyl (C=O) groups is 1. The molecule has 0 saturated heterocycles. The lowest BCUT2D eigenvalue weighted by Crippen LogP contribution is -1.95. The summed E-state index contributed by atoms with van der Waals surface area (Å²) in [7, 11) is 0. The number of carboxylic acids is 1. The van der Waals surface area contributed by atoms with Crippen molar-refractivity contribution in [2.24, 2.45) is 0 Å². The van der Waals surface area contributed by atoms with E-state index in [0.29, 0.717) is 5.57 Å². The summed E-state index contributed by atoms with van der Waals surface area (Å²) < 4.78 is 0. The standard InChI is InChI=1S/C7H11O2/c1-3-4-5-6(2)7(8)9/h5H,1,3-4H2,2H3,(H,8,9). The van der Waals surface area contributed by atoms with Gasteiger partial charge in [-0.1, -0.05) is 13.0 Å². The Morgan fingerprint density at radius 2 is 2.33 bits per heavy atom. The highest BCUT2D eigenvalue weighted by atomic mass is 16.4. The summed E-state index contributed by atoms with van der Waals surface area (Å²) in [5, 5.41) is 8.32. The van der Waals surface area contributed by atoms with E-state index in [1.54, 1.807) is 13.0 Å². The minimum absolute atomic E-state index is 0.402. The molecule has 0 aliphatic rings. The minimum Gasteiger partial charge on any atom is -0.478 e. The van der Waals surface area contributed by atoms with Crippen LogP contribution in [0.2, 0.25) is 0 Å². The van der Waals surface area contributed by atoms with Crippen molar-refractivity contribution in [2.75, 3.05) is 0 Å². The minimum atomic E-state index is -0.844. The van der Waals surface area contributed by atoms with Gasteiger partial charge in [0.25, 0.3) is 0 Å². The van der Waals surface area contributed by atoms with Gasteiger partial charge in [-0.3, -0.25) is 0 Å². The maximum absolute atomic E-state index is 10.1. The summed E-state index contributed by atoms with van der Waals surface area (Å²) in [5.41, 5.74) is 0.402. The third kappa shape index (κ3) is 3.76. The lowest BCUT2D eigenvalue weighted by molar-refractivity contribution is -0.132. The normalized spacial score (nSPS) is 11.6. The summed E-state index contributed by atoms with van der Waals surface area (Å²) in [6, 6.07) is 0. The molecule has 0 rings (SSSR count). The van der Waals surface area contributed by atoms with E-state index in [1.165, 1.54) is 0 Å². The lowest BCUT2D eigenvalue weighted by atomic mass is 10.2. The molecule has 0 aliphatic heterocycles. The fraction of sp³-hybridized carbons (Fsp3) is 0.429. The highest BCUT2D eigenvalue weighted by molar-refractivity contribution is 5.85. The summed E-state index contributed by atoms with van der Waals surface area (Å²) in [4.78, 5) is 10.1. The predicted molar refractivity (Wildman–Crippen MR) is 36.0 cm³/mol. The zero-order valence-corrected chi connectivity index (χ0v) is 5.55. The first-order valence-electron chi connectivity index (χ1n) is 2.87. The monoisotopic (exact) mass is 127 g/mol. The van der Waals surface area contributed by atoms with E-state index in [2.05, 4.69) is 6.92 Å². The molecule has 0 aromatic rings. The Hall–Kier alpha value is -0.790. The molecule has 2 heteroatoms. The van der Waals surface area contributed by atoms with Crippen LogP contribution in [0.5, 0.6) is 0 Å². The molecule has 0 saturated carbocycles. The maximum Gasteiger partial charge on any atom is 0.330 e. The topological polar surface area (TPSA) is 37.3 Å². The van der Waals surface area contributed by atoms with Crippen molar-refractivity contribution in [1.82, 2.24) is 0 Å². The van der Waals surface area contributed by atoms with Gasteiger partial charge in [0.1, 0.15) is 0 Å². The van der Waals surface area contributed by atoms with Gasteiger partial charge in [-0.05, 0) is 19.8 Å². The van der Waals surface area contributed by atoms with E-state index < -0.39 is 5.97 Å². The van der Waals surface area contributed by atoms with Gasteiger partial charge in [-0.15, -0.1) is 0 Å². The van der Waals surface area contributed by atoms with Crippen molar-refractivity contribution in [3.8, 4) is 0 Å². The van der Waals surface area contributed by atoms with Crippen LogP contribution in [0.4, 0.5) is 0 Å². The third-order valence-corrected chi connectivity index (χ3v) is 0.992. The van der Waals surface area contributed by atoms with E-state index in [9.17, 15) is 4.79 Å². The van der Waals surface area contributed by atoms with Crippen LogP contribution in [0.15, 0.2) is 11.6 Å². The van der Waals surface area contributed by atoms with Crippen molar-refractivity contribution in [1.29, 1.82) is 0 Å². The molecule has 0 unspecified atom stereocenters. The lowest BCUT2D eigenvalue weighted by Gasteiger charge is -1.89. The SMILES string of the molecule is [CH2]CCC=C(C)C(=O)O. The number of unbranched alkanes of at least 4 members (excludes halogenated alkanes) is 1. The van der Waals surface area contributed by atoms with Crippen LogP contribution in [0.1, 0.15) is 19.8 Å². The fourth-order valence-electron chi connectivity index (χ4n) is 0.406. The number of hydrogen-bond donors (Lipinski definition) is 1. The van der Waals surface area contributed by atoms with Gasteiger partial charge in [0.05, 0.1) is 0 Å². The van der Waals surface area contributed by atoms with Crippen LogP contribution < -0.4 is 0 Å². The predicted octanol–water partition coefficient (Wildman–Crippen LogP) is 1.63. The molecule has 0 atom stereocenters.